The summed E-state index contributed by atoms with van der Waals surface area (Å²) in [5.74, 6) is -0.404. The molecule has 0 saturated carbocycles. The van der Waals surface area contributed by atoms with Crippen molar-refractivity contribution in [1.29, 1.82) is 0 Å². The van der Waals surface area contributed by atoms with Crippen molar-refractivity contribution in [1.82, 2.24) is 9.58 Å². The van der Waals surface area contributed by atoms with Crippen LogP contribution in [0.3, 0.4) is 0 Å². The van der Waals surface area contributed by atoms with Gasteiger partial charge in [-0.1, -0.05) is 30.3 Å². The second kappa shape index (κ2) is 8.70. The summed E-state index contributed by atoms with van der Waals surface area (Å²) in [6.45, 7) is 2.04. The second-order valence-electron chi connectivity index (χ2n) is 9.11. The number of aromatic hydroxyl groups is 1. The number of amidine groups is 1. The maximum Gasteiger partial charge on any atom is 0.263 e. The van der Waals surface area contributed by atoms with Crippen LogP contribution in [0.5, 0.6) is 5.75 Å². The van der Waals surface area contributed by atoms with Crippen molar-refractivity contribution in [2.75, 3.05) is 0 Å². The largest absolute Gasteiger partial charge is 0.508 e. The Hall–Kier alpha value is -4.79. The number of aryl methyl sites for hydroxylation is 1. The molecule has 4 aromatic rings. The molecule has 0 radical (unpaired) electrons. The fourth-order valence-electron chi connectivity index (χ4n) is 5.04. The monoisotopic (exact) mass is 494 g/mol. The van der Waals surface area contributed by atoms with Gasteiger partial charge in [-0.15, -0.1) is 0 Å². The smallest absolute Gasteiger partial charge is 0.263 e. The molecule has 2 atom stereocenters. The van der Waals surface area contributed by atoms with Gasteiger partial charge in [0.1, 0.15) is 29.7 Å². The average molecular weight is 495 g/mol. The first-order valence-corrected chi connectivity index (χ1v) is 11.8. The van der Waals surface area contributed by atoms with Crippen molar-refractivity contribution in [3.8, 4) is 11.4 Å². The Balaban J connectivity index is 1.52. The van der Waals surface area contributed by atoms with E-state index in [4.69, 9.17) is 10.8 Å². The number of halogens is 1. The number of aromatic nitrogens is 1. The van der Waals surface area contributed by atoms with Crippen LogP contribution in [0.1, 0.15) is 16.8 Å². The highest BCUT2D eigenvalue weighted by atomic mass is 19.1. The van der Waals surface area contributed by atoms with Crippen molar-refractivity contribution < 1.29 is 9.50 Å². The molecule has 3 aromatic carbocycles. The van der Waals surface area contributed by atoms with Gasteiger partial charge in [-0.3, -0.25) is 14.4 Å². The molecule has 8 nitrogen and oxygen atoms in total. The van der Waals surface area contributed by atoms with Crippen molar-refractivity contribution in [2.45, 2.75) is 19.6 Å². The maximum atomic E-state index is 15.0. The van der Waals surface area contributed by atoms with E-state index in [9.17, 15) is 9.90 Å². The number of rotatable bonds is 4. The first-order valence-electron chi connectivity index (χ1n) is 11.8. The zero-order valence-corrected chi connectivity index (χ0v) is 19.9. The van der Waals surface area contributed by atoms with E-state index in [1.54, 1.807) is 47.5 Å². The minimum atomic E-state index is -0.501. The molecule has 0 amide bonds. The number of para-hydroxylation sites is 1. The Morgan fingerprint density at radius 1 is 1.05 bits per heavy atom. The third kappa shape index (κ3) is 3.76. The summed E-state index contributed by atoms with van der Waals surface area (Å²) in [5, 5.41) is 17.6. The molecule has 0 fully saturated rings. The molecule has 0 spiro atoms. The van der Waals surface area contributed by atoms with Crippen LogP contribution in [0.4, 0.5) is 4.39 Å². The molecule has 3 N–H and O–H groups in total. The number of nitrogens with zero attached hydrogens (tertiary/aromatic N) is 5. The topological polar surface area (TPSA) is 109 Å². The molecule has 0 aliphatic carbocycles. The van der Waals surface area contributed by atoms with Gasteiger partial charge in [-0.05, 0) is 65.9 Å². The van der Waals surface area contributed by atoms with E-state index >= 15 is 4.39 Å². The summed E-state index contributed by atoms with van der Waals surface area (Å²) in [5.41, 5.74) is 8.94. The number of phenolic OH excluding ortho intramolecular Hbond substituents is 1. The Morgan fingerprint density at radius 2 is 1.84 bits per heavy atom. The predicted octanol–water partition coefficient (Wildman–Crippen LogP) is 3.71. The highest BCUT2D eigenvalue weighted by Gasteiger charge is 2.42. The third-order valence-electron chi connectivity index (χ3n) is 6.79. The van der Waals surface area contributed by atoms with Gasteiger partial charge in [0.05, 0.1) is 23.3 Å². The lowest BCUT2D eigenvalue weighted by molar-refractivity contribution is 0.210. The summed E-state index contributed by atoms with van der Waals surface area (Å²) in [7, 11) is 0. The van der Waals surface area contributed by atoms with Gasteiger partial charge in [0, 0.05) is 5.69 Å². The Labute approximate surface area is 211 Å². The van der Waals surface area contributed by atoms with Gasteiger partial charge < -0.3 is 10.8 Å². The summed E-state index contributed by atoms with van der Waals surface area (Å²) in [6, 6.07) is 20.4. The van der Waals surface area contributed by atoms with Crippen LogP contribution in [0.15, 0.2) is 92.7 Å². The molecule has 2 aliphatic heterocycles. The van der Waals surface area contributed by atoms with E-state index in [-0.39, 0.29) is 23.5 Å². The standard InChI is InChI=1S/C28H23FN6O2/c1-16-5-4-6-18-13-19(35(28(37)23(16)18)22-8-3-2-7-21(22)29)14-34-27-24(26(30)31-15-32-27)25(33-34)17-9-11-20(36)12-10-17/h2-13,15,24,27,36H,14H2,1H3,(H2,30,31,32). The first kappa shape index (κ1) is 22.7. The molecule has 2 aliphatic rings. The molecule has 9 heteroatoms. The van der Waals surface area contributed by atoms with E-state index < -0.39 is 17.9 Å². The van der Waals surface area contributed by atoms with Crippen molar-refractivity contribution in [3.63, 3.8) is 0 Å². The highest BCUT2D eigenvalue weighted by Crippen LogP contribution is 2.32. The fourth-order valence-corrected chi connectivity index (χ4v) is 5.04. The summed E-state index contributed by atoms with van der Waals surface area (Å²) in [6.07, 6.45) is 0.922. The van der Waals surface area contributed by atoms with Gasteiger partial charge in [-0.2, -0.15) is 5.10 Å². The number of hydrogen-bond acceptors (Lipinski definition) is 7. The number of benzene rings is 3. The van der Waals surface area contributed by atoms with Crippen molar-refractivity contribution >= 4 is 28.7 Å². The molecule has 6 rings (SSSR count). The predicted molar refractivity (Wildman–Crippen MR) is 142 cm³/mol. The number of aliphatic imine (C=N–C) groups is 2. The SMILES string of the molecule is Cc1cccc2cc(CN3N=C(c4ccc(O)cc4)C4C(N)=NC=NC43)n(-c3ccccc3F)c(=O)c12. The average Bonchev–Trinajstić information content (AvgIpc) is 3.25. The van der Waals surface area contributed by atoms with Gasteiger partial charge in [0.2, 0.25) is 0 Å². The molecular formula is C28H23FN6O2. The molecule has 0 saturated heterocycles. The van der Waals surface area contributed by atoms with E-state index in [2.05, 4.69) is 9.98 Å². The second-order valence-corrected chi connectivity index (χ2v) is 9.11. The number of pyridine rings is 1. The minimum absolute atomic E-state index is 0.138. The molecule has 0 bridgehead atoms. The van der Waals surface area contributed by atoms with E-state index in [1.165, 1.54) is 17.0 Å². The molecule has 3 heterocycles. The lowest BCUT2D eigenvalue weighted by Gasteiger charge is -2.27. The van der Waals surface area contributed by atoms with E-state index in [0.29, 0.717) is 22.6 Å². The summed E-state index contributed by atoms with van der Waals surface area (Å²) in [4.78, 5) is 22.5. The van der Waals surface area contributed by atoms with Crippen LogP contribution in [0.2, 0.25) is 0 Å². The normalized spacial score (nSPS) is 18.6. The summed E-state index contributed by atoms with van der Waals surface area (Å²) >= 11 is 0. The van der Waals surface area contributed by atoms with Crippen LogP contribution in [-0.4, -0.2) is 38.7 Å². The quantitative estimate of drug-likeness (QED) is 0.451. The Bertz CT molecular complexity index is 1690. The highest BCUT2D eigenvalue weighted by molar-refractivity contribution is 6.17. The minimum Gasteiger partial charge on any atom is -0.508 e. The molecule has 2 unspecified atom stereocenters. The summed E-state index contributed by atoms with van der Waals surface area (Å²) < 4.78 is 16.4. The number of hydrogen-bond donors (Lipinski definition) is 2. The van der Waals surface area contributed by atoms with Crippen molar-refractivity contribution in [3.05, 3.63) is 106 Å². The molecule has 1 aromatic heterocycles. The molecule has 184 valence electrons. The van der Waals surface area contributed by atoms with E-state index in [1.807, 2.05) is 31.2 Å². The zero-order valence-electron chi connectivity index (χ0n) is 19.9. The third-order valence-corrected chi connectivity index (χ3v) is 6.79. The van der Waals surface area contributed by atoms with Gasteiger partial charge in [0.25, 0.3) is 5.56 Å². The van der Waals surface area contributed by atoms with Crippen LogP contribution in [-0.2, 0) is 6.54 Å². The van der Waals surface area contributed by atoms with Crippen LogP contribution >= 0.6 is 0 Å². The lowest BCUT2D eigenvalue weighted by Crippen LogP contribution is -2.42. The van der Waals surface area contributed by atoms with Crippen molar-refractivity contribution in [2.24, 2.45) is 26.7 Å². The van der Waals surface area contributed by atoms with Gasteiger partial charge >= 0.3 is 0 Å². The van der Waals surface area contributed by atoms with Crippen LogP contribution in [0.25, 0.3) is 16.5 Å². The number of hydrazone groups is 1. The van der Waals surface area contributed by atoms with Crippen LogP contribution in [0, 0.1) is 18.7 Å². The van der Waals surface area contributed by atoms with Gasteiger partial charge in [-0.25, -0.2) is 14.4 Å². The first-order chi connectivity index (χ1) is 17.9. The Morgan fingerprint density at radius 3 is 2.62 bits per heavy atom. The number of fused-ring (bicyclic) bond motifs is 2. The number of phenols is 1. The Kier molecular flexibility index (Phi) is 5.33. The van der Waals surface area contributed by atoms with Gasteiger partial charge in [0.15, 0.2) is 6.17 Å². The van der Waals surface area contributed by atoms with E-state index in [0.717, 1.165) is 16.5 Å². The fraction of sp³-hybridized carbons (Fsp3) is 0.143. The molecular weight excluding hydrogens is 471 g/mol. The molecule has 37 heavy (non-hydrogen) atoms. The lowest BCUT2D eigenvalue weighted by atomic mass is 9.93. The maximum absolute atomic E-state index is 15.0. The number of nitrogens with two attached hydrogens (primary N) is 1. The zero-order chi connectivity index (χ0) is 25.7. The van der Waals surface area contributed by atoms with Crippen LogP contribution < -0.4 is 11.3 Å².